The molecule has 0 saturated heterocycles. The third-order valence-corrected chi connectivity index (χ3v) is 3.21. The Bertz CT molecular complexity index is 581. The predicted octanol–water partition coefficient (Wildman–Crippen LogP) is 3.57. The van der Waals surface area contributed by atoms with Crippen molar-refractivity contribution in [2.24, 2.45) is 0 Å². The normalized spacial score (nSPS) is 10.2. The summed E-state index contributed by atoms with van der Waals surface area (Å²) in [7, 11) is 3.03. The molecule has 0 unspecified atom stereocenters. The van der Waals surface area contributed by atoms with Crippen LogP contribution in [0.2, 0.25) is 0 Å². The quantitative estimate of drug-likeness (QED) is 0.576. The Hall–Kier alpha value is -2.20. The zero-order chi connectivity index (χ0) is 15.1. The highest BCUT2D eigenvalue weighted by Gasteiger charge is 2.12. The fourth-order valence-electron chi connectivity index (χ4n) is 2.13. The molecule has 0 N–H and O–H groups in total. The Labute approximate surface area is 125 Å². The molecule has 2 rings (SSSR count). The van der Waals surface area contributed by atoms with Crippen LogP contribution in [0.1, 0.15) is 11.1 Å². The molecular formula is C17H20O4. The first kappa shape index (κ1) is 15.2. The van der Waals surface area contributed by atoms with E-state index in [4.69, 9.17) is 14.4 Å². The molecule has 112 valence electrons. The first-order chi connectivity index (χ1) is 10.3. The monoisotopic (exact) mass is 288 g/mol. The zero-order valence-corrected chi connectivity index (χ0v) is 12.6. The van der Waals surface area contributed by atoms with Crippen molar-refractivity contribution < 1.29 is 19.2 Å². The summed E-state index contributed by atoms with van der Waals surface area (Å²) in [6.07, 6.45) is 0.838. The minimum atomic E-state index is 0.494. The van der Waals surface area contributed by atoms with Crippen molar-refractivity contribution in [1.29, 1.82) is 0 Å². The predicted molar refractivity (Wildman–Crippen MR) is 81.0 cm³/mol. The lowest BCUT2D eigenvalue weighted by atomic mass is 10.1. The lowest BCUT2D eigenvalue weighted by Gasteiger charge is -2.13. The Morgan fingerprint density at radius 2 is 1.67 bits per heavy atom. The highest BCUT2D eigenvalue weighted by molar-refractivity contribution is 5.50. The molecule has 0 aliphatic carbocycles. The summed E-state index contributed by atoms with van der Waals surface area (Å²) in [4.78, 5) is 9.73. The molecule has 2 aromatic rings. The number of benzene rings is 2. The van der Waals surface area contributed by atoms with Gasteiger partial charge in [0.25, 0.3) is 0 Å². The molecule has 21 heavy (non-hydrogen) atoms. The summed E-state index contributed by atoms with van der Waals surface area (Å²) < 4.78 is 11.1. The van der Waals surface area contributed by atoms with E-state index in [1.807, 2.05) is 24.3 Å². The van der Waals surface area contributed by atoms with Crippen molar-refractivity contribution in [3.8, 4) is 17.2 Å². The summed E-state index contributed by atoms with van der Waals surface area (Å²) >= 11 is 0. The second-order valence-corrected chi connectivity index (χ2v) is 4.56. The van der Waals surface area contributed by atoms with Gasteiger partial charge < -0.3 is 14.4 Å². The second-order valence-electron chi connectivity index (χ2n) is 4.56. The average Bonchev–Trinajstić information content (AvgIpc) is 2.50. The maximum absolute atomic E-state index is 5.81. The number of hydrogen-bond acceptors (Lipinski definition) is 4. The van der Waals surface area contributed by atoms with Gasteiger partial charge in [0.2, 0.25) is 11.5 Å². The summed E-state index contributed by atoms with van der Waals surface area (Å²) in [5.74, 6) is 1.66. The van der Waals surface area contributed by atoms with Crippen LogP contribution in [0.4, 0.5) is 0 Å². The average molecular weight is 288 g/mol. The van der Waals surface area contributed by atoms with E-state index in [-0.39, 0.29) is 0 Å². The second kappa shape index (κ2) is 7.55. The SMILES string of the molecule is COOc1cccc(OCCc2ccccc2C)c1OC. The Balaban J connectivity index is 2.03. The van der Waals surface area contributed by atoms with Crippen LogP contribution in [-0.4, -0.2) is 20.8 Å². The first-order valence-electron chi connectivity index (χ1n) is 6.81. The fourth-order valence-corrected chi connectivity index (χ4v) is 2.13. The van der Waals surface area contributed by atoms with Gasteiger partial charge in [-0.25, -0.2) is 0 Å². The summed E-state index contributed by atoms with van der Waals surface area (Å²) in [6.45, 7) is 2.67. The molecule has 4 nitrogen and oxygen atoms in total. The van der Waals surface area contributed by atoms with E-state index in [9.17, 15) is 0 Å². The molecule has 0 aliphatic rings. The Morgan fingerprint density at radius 3 is 2.38 bits per heavy atom. The van der Waals surface area contributed by atoms with Gasteiger partial charge in [0.1, 0.15) is 0 Å². The van der Waals surface area contributed by atoms with Crippen LogP contribution in [0.25, 0.3) is 0 Å². The van der Waals surface area contributed by atoms with E-state index in [1.165, 1.54) is 18.2 Å². The van der Waals surface area contributed by atoms with Gasteiger partial charge in [-0.15, -0.1) is 0 Å². The smallest absolute Gasteiger partial charge is 0.211 e. The number of rotatable bonds is 7. The fraction of sp³-hybridized carbons (Fsp3) is 0.294. The molecule has 0 aromatic heterocycles. The molecule has 0 atom stereocenters. The van der Waals surface area contributed by atoms with E-state index >= 15 is 0 Å². The molecule has 0 saturated carbocycles. The van der Waals surface area contributed by atoms with E-state index in [0.717, 1.165) is 6.42 Å². The number of aryl methyl sites for hydroxylation is 1. The summed E-state index contributed by atoms with van der Waals surface area (Å²) in [5.41, 5.74) is 2.55. The van der Waals surface area contributed by atoms with E-state index in [2.05, 4.69) is 23.9 Å². The first-order valence-corrected chi connectivity index (χ1v) is 6.81. The molecule has 0 spiro atoms. The third-order valence-electron chi connectivity index (χ3n) is 3.21. The van der Waals surface area contributed by atoms with Crippen LogP contribution in [0.5, 0.6) is 17.2 Å². The standard InChI is InChI=1S/C17H20O4/c1-13-7-4-5-8-14(13)11-12-20-15-9-6-10-16(21-19-3)17(15)18-2/h4-10H,11-12H2,1-3H3. The molecule has 0 fully saturated rings. The number of hydrogen-bond donors (Lipinski definition) is 0. The van der Waals surface area contributed by atoms with E-state index in [0.29, 0.717) is 23.9 Å². The van der Waals surface area contributed by atoms with Gasteiger partial charge in [0.15, 0.2) is 5.75 Å². The van der Waals surface area contributed by atoms with Crippen LogP contribution in [0.15, 0.2) is 42.5 Å². The molecule has 0 amide bonds. The van der Waals surface area contributed by atoms with Gasteiger partial charge in [0, 0.05) is 6.42 Å². The maximum atomic E-state index is 5.81. The van der Waals surface area contributed by atoms with Gasteiger partial charge in [-0.2, -0.15) is 4.89 Å². The molecule has 0 bridgehead atoms. The molecule has 2 aromatic carbocycles. The summed E-state index contributed by atoms with van der Waals surface area (Å²) in [5, 5.41) is 0. The van der Waals surface area contributed by atoms with Crippen LogP contribution < -0.4 is 14.4 Å². The Morgan fingerprint density at radius 1 is 0.905 bits per heavy atom. The van der Waals surface area contributed by atoms with Crippen molar-refractivity contribution >= 4 is 0 Å². The molecule has 0 radical (unpaired) electrons. The molecule has 0 heterocycles. The van der Waals surface area contributed by atoms with Crippen LogP contribution in [0.3, 0.4) is 0 Å². The largest absolute Gasteiger partial charge is 0.490 e. The lowest BCUT2D eigenvalue weighted by Crippen LogP contribution is -2.04. The van der Waals surface area contributed by atoms with E-state index < -0.39 is 0 Å². The highest BCUT2D eigenvalue weighted by atomic mass is 17.2. The van der Waals surface area contributed by atoms with Crippen molar-refractivity contribution in [3.63, 3.8) is 0 Å². The number of methoxy groups -OCH3 is 1. The minimum absolute atomic E-state index is 0.494. The minimum Gasteiger partial charge on any atom is -0.490 e. The van der Waals surface area contributed by atoms with Gasteiger partial charge in [0.05, 0.1) is 20.8 Å². The highest BCUT2D eigenvalue weighted by Crippen LogP contribution is 2.36. The van der Waals surface area contributed by atoms with E-state index in [1.54, 1.807) is 13.2 Å². The van der Waals surface area contributed by atoms with Gasteiger partial charge >= 0.3 is 0 Å². The lowest BCUT2D eigenvalue weighted by molar-refractivity contribution is -0.179. The van der Waals surface area contributed by atoms with Crippen LogP contribution >= 0.6 is 0 Å². The molecular weight excluding hydrogens is 268 g/mol. The van der Waals surface area contributed by atoms with Crippen molar-refractivity contribution in [3.05, 3.63) is 53.6 Å². The Kier molecular flexibility index (Phi) is 5.46. The van der Waals surface area contributed by atoms with Gasteiger partial charge in [-0.3, -0.25) is 0 Å². The van der Waals surface area contributed by atoms with Gasteiger partial charge in [-0.1, -0.05) is 30.3 Å². The van der Waals surface area contributed by atoms with Crippen molar-refractivity contribution in [1.82, 2.24) is 0 Å². The maximum Gasteiger partial charge on any atom is 0.211 e. The third kappa shape index (κ3) is 3.89. The van der Waals surface area contributed by atoms with Crippen molar-refractivity contribution in [2.45, 2.75) is 13.3 Å². The topological polar surface area (TPSA) is 36.9 Å². The van der Waals surface area contributed by atoms with Gasteiger partial charge in [-0.05, 0) is 30.2 Å². The van der Waals surface area contributed by atoms with Crippen molar-refractivity contribution in [2.75, 3.05) is 20.8 Å². The molecule has 0 aliphatic heterocycles. The number of ether oxygens (including phenoxy) is 2. The van der Waals surface area contributed by atoms with Crippen LogP contribution in [0, 0.1) is 6.92 Å². The van der Waals surface area contributed by atoms with Crippen LogP contribution in [-0.2, 0) is 11.3 Å². The summed E-state index contributed by atoms with van der Waals surface area (Å²) in [6, 6.07) is 13.7. The zero-order valence-electron chi connectivity index (χ0n) is 12.6. The molecule has 4 heteroatoms. The number of para-hydroxylation sites is 1.